The van der Waals surface area contributed by atoms with E-state index in [-0.39, 0.29) is 0 Å². The van der Waals surface area contributed by atoms with E-state index in [4.69, 9.17) is 9.72 Å². The Morgan fingerprint density at radius 1 is 1.11 bits per heavy atom. The van der Waals surface area contributed by atoms with E-state index >= 15 is 0 Å². The fourth-order valence-corrected chi connectivity index (χ4v) is 3.40. The van der Waals surface area contributed by atoms with E-state index in [0.29, 0.717) is 5.95 Å². The second-order valence-corrected chi connectivity index (χ2v) is 6.91. The fourth-order valence-electron chi connectivity index (χ4n) is 3.40. The minimum Gasteiger partial charge on any atom is -0.497 e. The average Bonchev–Trinajstić information content (AvgIpc) is 2.70. The Labute approximate surface area is 160 Å². The highest BCUT2D eigenvalue weighted by atomic mass is 16.5. The average molecular weight is 360 g/mol. The SMILES string of the molecule is COc1ccc(Nc2ncc3c(n2)CCN(Cc2ccccc2C)C3)cc1. The summed E-state index contributed by atoms with van der Waals surface area (Å²) in [6, 6.07) is 16.4. The highest BCUT2D eigenvalue weighted by Crippen LogP contribution is 2.22. The lowest BCUT2D eigenvalue weighted by Crippen LogP contribution is -2.31. The van der Waals surface area contributed by atoms with Crippen molar-refractivity contribution in [1.29, 1.82) is 0 Å². The minimum atomic E-state index is 0.645. The van der Waals surface area contributed by atoms with Crippen molar-refractivity contribution < 1.29 is 4.74 Å². The molecule has 0 saturated carbocycles. The van der Waals surface area contributed by atoms with Gasteiger partial charge in [0.05, 0.1) is 12.8 Å². The van der Waals surface area contributed by atoms with Gasteiger partial charge in [0.2, 0.25) is 5.95 Å². The van der Waals surface area contributed by atoms with Crippen molar-refractivity contribution in [1.82, 2.24) is 14.9 Å². The largest absolute Gasteiger partial charge is 0.497 e. The molecule has 2 heterocycles. The van der Waals surface area contributed by atoms with Gasteiger partial charge in [-0.05, 0) is 42.3 Å². The van der Waals surface area contributed by atoms with E-state index in [1.54, 1.807) is 7.11 Å². The second kappa shape index (κ2) is 7.76. The molecule has 1 aliphatic rings. The van der Waals surface area contributed by atoms with Crippen molar-refractivity contribution in [3.8, 4) is 5.75 Å². The molecule has 0 saturated heterocycles. The third kappa shape index (κ3) is 4.09. The molecule has 0 unspecified atom stereocenters. The number of aryl methyl sites for hydroxylation is 1. The molecule has 5 nitrogen and oxygen atoms in total. The number of hydrogen-bond acceptors (Lipinski definition) is 5. The number of aromatic nitrogens is 2. The standard InChI is InChI=1S/C22H24N4O/c1-16-5-3-4-6-17(16)14-26-12-11-21-18(15-26)13-23-22(25-21)24-19-7-9-20(27-2)10-8-19/h3-10,13H,11-12,14-15H2,1-2H3,(H,23,24,25). The molecule has 0 radical (unpaired) electrons. The van der Waals surface area contributed by atoms with Gasteiger partial charge in [-0.25, -0.2) is 9.97 Å². The molecule has 3 aromatic rings. The Morgan fingerprint density at radius 3 is 2.70 bits per heavy atom. The molecule has 0 fully saturated rings. The van der Waals surface area contributed by atoms with E-state index in [1.807, 2.05) is 30.5 Å². The Morgan fingerprint density at radius 2 is 1.93 bits per heavy atom. The van der Waals surface area contributed by atoms with Crippen LogP contribution in [0.3, 0.4) is 0 Å². The van der Waals surface area contributed by atoms with Gasteiger partial charge in [0.1, 0.15) is 5.75 Å². The summed E-state index contributed by atoms with van der Waals surface area (Å²) < 4.78 is 5.19. The summed E-state index contributed by atoms with van der Waals surface area (Å²) >= 11 is 0. The van der Waals surface area contributed by atoms with Gasteiger partial charge in [-0.2, -0.15) is 0 Å². The van der Waals surface area contributed by atoms with E-state index in [9.17, 15) is 0 Å². The predicted octanol–water partition coefficient (Wildman–Crippen LogP) is 4.10. The second-order valence-electron chi connectivity index (χ2n) is 6.91. The predicted molar refractivity (Wildman–Crippen MR) is 107 cm³/mol. The molecule has 2 aromatic carbocycles. The van der Waals surface area contributed by atoms with Crippen LogP contribution in [0, 0.1) is 6.92 Å². The zero-order chi connectivity index (χ0) is 18.6. The van der Waals surface area contributed by atoms with Crippen LogP contribution in [0.1, 0.15) is 22.4 Å². The number of rotatable bonds is 5. The number of ether oxygens (including phenoxy) is 1. The lowest BCUT2D eigenvalue weighted by Gasteiger charge is -2.28. The summed E-state index contributed by atoms with van der Waals surface area (Å²) in [5.74, 6) is 1.48. The molecule has 1 aromatic heterocycles. The van der Waals surface area contributed by atoms with Crippen LogP contribution in [-0.2, 0) is 19.5 Å². The van der Waals surface area contributed by atoms with Gasteiger partial charge in [0, 0.05) is 43.5 Å². The third-order valence-corrected chi connectivity index (χ3v) is 5.01. The van der Waals surface area contributed by atoms with Crippen LogP contribution in [0.4, 0.5) is 11.6 Å². The molecule has 1 N–H and O–H groups in total. The molecule has 0 bridgehead atoms. The molecule has 4 rings (SSSR count). The molecular formula is C22H24N4O. The lowest BCUT2D eigenvalue weighted by molar-refractivity contribution is 0.242. The number of fused-ring (bicyclic) bond motifs is 1. The molecule has 0 atom stereocenters. The van der Waals surface area contributed by atoms with Gasteiger partial charge < -0.3 is 10.1 Å². The molecule has 1 aliphatic heterocycles. The monoisotopic (exact) mass is 360 g/mol. The van der Waals surface area contributed by atoms with E-state index in [1.165, 1.54) is 16.7 Å². The quantitative estimate of drug-likeness (QED) is 0.742. The molecule has 5 heteroatoms. The Kier molecular flexibility index (Phi) is 5.03. The van der Waals surface area contributed by atoms with Crippen LogP contribution in [0.5, 0.6) is 5.75 Å². The van der Waals surface area contributed by atoms with Gasteiger partial charge in [0.25, 0.3) is 0 Å². The van der Waals surface area contributed by atoms with Crippen LogP contribution in [0.15, 0.2) is 54.7 Å². The highest BCUT2D eigenvalue weighted by molar-refractivity contribution is 5.54. The minimum absolute atomic E-state index is 0.645. The lowest BCUT2D eigenvalue weighted by atomic mass is 10.0. The first-order chi connectivity index (χ1) is 13.2. The summed E-state index contributed by atoms with van der Waals surface area (Å²) in [4.78, 5) is 11.7. The van der Waals surface area contributed by atoms with Crippen LogP contribution in [0.2, 0.25) is 0 Å². The number of benzene rings is 2. The molecular weight excluding hydrogens is 336 g/mol. The zero-order valence-corrected chi connectivity index (χ0v) is 15.8. The maximum absolute atomic E-state index is 5.19. The number of methoxy groups -OCH3 is 1. The van der Waals surface area contributed by atoms with Gasteiger partial charge in [-0.1, -0.05) is 24.3 Å². The summed E-state index contributed by atoms with van der Waals surface area (Å²) in [6.45, 7) is 5.05. The van der Waals surface area contributed by atoms with Crippen molar-refractivity contribution >= 4 is 11.6 Å². The van der Waals surface area contributed by atoms with Crippen LogP contribution in [-0.4, -0.2) is 28.5 Å². The van der Waals surface area contributed by atoms with Crippen molar-refractivity contribution in [3.63, 3.8) is 0 Å². The van der Waals surface area contributed by atoms with Crippen LogP contribution < -0.4 is 10.1 Å². The van der Waals surface area contributed by atoms with E-state index in [0.717, 1.165) is 43.2 Å². The van der Waals surface area contributed by atoms with Crippen LogP contribution in [0.25, 0.3) is 0 Å². The number of nitrogens with one attached hydrogen (secondary N) is 1. The Bertz CT molecular complexity index is 924. The first kappa shape index (κ1) is 17.5. The molecule has 0 spiro atoms. The fraction of sp³-hybridized carbons (Fsp3) is 0.273. The maximum atomic E-state index is 5.19. The first-order valence-corrected chi connectivity index (χ1v) is 9.24. The summed E-state index contributed by atoms with van der Waals surface area (Å²) in [5.41, 5.74) is 6.04. The summed E-state index contributed by atoms with van der Waals surface area (Å²) in [7, 11) is 1.66. The van der Waals surface area contributed by atoms with Crippen molar-refractivity contribution in [3.05, 3.63) is 77.1 Å². The number of nitrogens with zero attached hydrogens (tertiary/aromatic N) is 3. The number of anilines is 2. The third-order valence-electron chi connectivity index (χ3n) is 5.01. The van der Waals surface area contributed by atoms with Crippen molar-refractivity contribution in [2.45, 2.75) is 26.4 Å². The van der Waals surface area contributed by atoms with Gasteiger partial charge in [-0.15, -0.1) is 0 Å². The highest BCUT2D eigenvalue weighted by Gasteiger charge is 2.19. The Hall–Kier alpha value is -2.92. The molecule has 27 heavy (non-hydrogen) atoms. The van der Waals surface area contributed by atoms with Gasteiger partial charge in [-0.3, -0.25) is 4.90 Å². The van der Waals surface area contributed by atoms with Gasteiger partial charge in [0.15, 0.2) is 0 Å². The number of hydrogen-bond donors (Lipinski definition) is 1. The molecule has 0 aliphatic carbocycles. The van der Waals surface area contributed by atoms with Crippen molar-refractivity contribution in [2.75, 3.05) is 19.0 Å². The summed E-state index contributed by atoms with van der Waals surface area (Å²) in [5, 5.41) is 3.27. The van der Waals surface area contributed by atoms with Gasteiger partial charge >= 0.3 is 0 Å². The van der Waals surface area contributed by atoms with E-state index in [2.05, 4.69) is 46.4 Å². The summed E-state index contributed by atoms with van der Waals surface area (Å²) in [6.07, 6.45) is 2.90. The zero-order valence-electron chi connectivity index (χ0n) is 15.8. The van der Waals surface area contributed by atoms with Crippen molar-refractivity contribution in [2.24, 2.45) is 0 Å². The molecule has 0 amide bonds. The first-order valence-electron chi connectivity index (χ1n) is 9.24. The normalized spacial score (nSPS) is 13.9. The van der Waals surface area contributed by atoms with Crippen LogP contribution >= 0.6 is 0 Å². The topological polar surface area (TPSA) is 50.3 Å². The Balaban J connectivity index is 1.44. The van der Waals surface area contributed by atoms with E-state index < -0.39 is 0 Å². The smallest absolute Gasteiger partial charge is 0.227 e. The maximum Gasteiger partial charge on any atom is 0.227 e. The molecule has 138 valence electrons.